The first-order valence-electron chi connectivity index (χ1n) is 6.54. The number of carboxylic acids is 1. The molecule has 2 rings (SSSR count). The van der Waals surface area contributed by atoms with E-state index in [0.717, 1.165) is 23.9 Å². The van der Waals surface area contributed by atoms with Crippen molar-refractivity contribution < 1.29 is 9.90 Å². The Morgan fingerprint density at radius 1 is 1.35 bits per heavy atom. The molecule has 1 N–H and O–H groups in total. The van der Waals surface area contributed by atoms with Gasteiger partial charge in [-0.25, -0.2) is 0 Å². The monoisotopic (exact) mass is 291 g/mol. The van der Waals surface area contributed by atoms with Crippen molar-refractivity contribution >= 4 is 17.7 Å². The Hall–Kier alpha value is -1.82. The van der Waals surface area contributed by atoms with Crippen LogP contribution in [0.1, 0.15) is 25.3 Å². The molecule has 6 heteroatoms. The summed E-state index contributed by atoms with van der Waals surface area (Å²) in [7, 11) is 0. The Morgan fingerprint density at radius 3 is 2.75 bits per heavy atom. The van der Waals surface area contributed by atoms with E-state index in [1.54, 1.807) is 10.9 Å². The van der Waals surface area contributed by atoms with Crippen molar-refractivity contribution in [2.24, 2.45) is 0 Å². The first-order chi connectivity index (χ1) is 9.70. The Kier molecular flexibility index (Phi) is 5.17. The lowest BCUT2D eigenvalue weighted by Gasteiger charge is -2.06. The molecule has 20 heavy (non-hydrogen) atoms. The van der Waals surface area contributed by atoms with Crippen LogP contribution in [-0.2, 0) is 11.2 Å². The number of hydrogen-bond acceptors (Lipinski definition) is 4. The van der Waals surface area contributed by atoms with Crippen molar-refractivity contribution in [3.05, 3.63) is 36.2 Å². The van der Waals surface area contributed by atoms with Crippen LogP contribution < -0.4 is 0 Å². The molecule has 0 aliphatic carbocycles. The molecule has 0 aliphatic rings. The van der Waals surface area contributed by atoms with E-state index in [0.29, 0.717) is 5.16 Å². The lowest BCUT2D eigenvalue weighted by molar-refractivity contribution is -0.133. The van der Waals surface area contributed by atoms with E-state index in [2.05, 4.69) is 29.3 Å². The highest BCUT2D eigenvalue weighted by atomic mass is 32.2. The molecule has 0 bridgehead atoms. The molecule has 1 heterocycles. The largest absolute Gasteiger partial charge is 0.481 e. The normalized spacial score (nSPS) is 10.7. The van der Waals surface area contributed by atoms with Gasteiger partial charge in [-0.15, -0.1) is 10.2 Å². The zero-order chi connectivity index (χ0) is 14.4. The lowest BCUT2D eigenvalue weighted by atomic mass is 10.1. The molecule has 0 amide bonds. The number of thioether (sulfide) groups is 1. The third kappa shape index (κ3) is 3.84. The maximum absolute atomic E-state index is 10.6. The Morgan fingerprint density at radius 2 is 2.10 bits per heavy atom. The van der Waals surface area contributed by atoms with Crippen LogP contribution in [0.15, 0.2) is 35.7 Å². The fourth-order valence-electron chi connectivity index (χ4n) is 1.83. The van der Waals surface area contributed by atoms with E-state index >= 15 is 0 Å². The van der Waals surface area contributed by atoms with E-state index in [4.69, 9.17) is 5.11 Å². The average Bonchev–Trinajstić information content (AvgIpc) is 2.92. The molecule has 1 aromatic carbocycles. The van der Waals surface area contributed by atoms with Gasteiger partial charge in [-0.05, 0) is 30.5 Å². The molecule has 0 aliphatic heterocycles. The van der Waals surface area contributed by atoms with Gasteiger partial charge in [0.25, 0.3) is 0 Å². The van der Waals surface area contributed by atoms with Gasteiger partial charge in [0.05, 0.1) is 5.75 Å². The van der Waals surface area contributed by atoms with Gasteiger partial charge < -0.3 is 5.11 Å². The fourth-order valence-corrected chi connectivity index (χ4v) is 2.48. The number of carbonyl (C=O) groups is 1. The summed E-state index contributed by atoms with van der Waals surface area (Å²) < 4.78 is 1.80. The van der Waals surface area contributed by atoms with Gasteiger partial charge in [-0.1, -0.05) is 37.2 Å². The second-order valence-electron chi connectivity index (χ2n) is 4.44. The summed E-state index contributed by atoms with van der Waals surface area (Å²) in [5, 5.41) is 17.1. The first kappa shape index (κ1) is 14.6. The Labute approximate surface area is 122 Å². The molecule has 0 atom stereocenters. The van der Waals surface area contributed by atoms with E-state index in [1.807, 2.05) is 12.1 Å². The van der Waals surface area contributed by atoms with Gasteiger partial charge >= 0.3 is 5.97 Å². The van der Waals surface area contributed by atoms with E-state index < -0.39 is 5.97 Å². The molecule has 0 saturated heterocycles. The van der Waals surface area contributed by atoms with Crippen molar-refractivity contribution in [1.82, 2.24) is 14.8 Å². The molecule has 0 saturated carbocycles. The number of aromatic nitrogens is 3. The molecule has 0 fully saturated rings. The number of aryl methyl sites for hydroxylation is 1. The van der Waals surface area contributed by atoms with E-state index in [1.165, 1.54) is 18.4 Å². The van der Waals surface area contributed by atoms with Crippen molar-refractivity contribution in [3.8, 4) is 5.69 Å². The Balaban J connectivity index is 2.11. The molecule has 0 spiro atoms. The van der Waals surface area contributed by atoms with Crippen LogP contribution in [-0.4, -0.2) is 31.6 Å². The molecule has 0 radical (unpaired) electrons. The SMILES string of the molecule is CCCCc1ccc(-n2cnnc2SCC(=O)O)cc1. The van der Waals surface area contributed by atoms with Crippen molar-refractivity contribution in [1.29, 1.82) is 0 Å². The van der Waals surface area contributed by atoms with Crippen molar-refractivity contribution in [3.63, 3.8) is 0 Å². The summed E-state index contributed by atoms with van der Waals surface area (Å²) >= 11 is 1.16. The third-order valence-corrected chi connectivity index (χ3v) is 3.80. The van der Waals surface area contributed by atoms with E-state index in [9.17, 15) is 4.79 Å². The minimum atomic E-state index is -0.862. The first-order valence-corrected chi connectivity index (χ1v) is 7.53. The fraction of sp³-hybridized carbons (Fsp3) is 0.357. The molecule has 106 valence electrons. The van der Waals surface area contributed by atoms with Gasteiger partial charge in [0.2, 0.25) is 0 Å². The van der Waals surface area contributed by atoms with Crippen molar-refractivity contribution in [2.75, 3.05) is 5.75 Å². The van der Waals surface area contributed by atoms with Gasteiger partial charge in [-0.2, -0.15) is 0 Å². The number of aliphatic carboxylic acids is 1. The number of carboxylic acid groups (broad SMARTS) is 1. The predicted octanol–water partition coefficient (Wildman–Crippen LogP) is 2.79. The number of benzene rings is 1. The quantitative estimate of drug-likeness (QED) is 0.794. The molecule has 1 aromatic heterocycles. The smallest absolute Gasteiger partial charge is 0.313 e. The zero-order valence-corrected chi connectivity index (χ0v) is 12.1. The number of hydrogen-bond donors (Lipinski definition) is 1. The maximum Gasteiger partial charge on any atom is 0.313 e. The van der Waals surface area contributed by atoms with E-state index in [-0.39, 0.29) is 5.75 Å². The van der Waals surface area contributed by atoms with Crippen LogP contribution in [0.5, 0.6) is 0 Å². The number of unbranched alkanes of at least 4 members (excludes halogenated alkanes) is 1. The van der Waals surface area contributed by atoms with Crippen molar-refractivity contribution in [2.45, 2.75) is 31.3 Å². The van der Waals surface area contributed by atoms with Crippen LogP contribution in [0.2, 0.25) is 0 Å². The highest BCUT2D eigenvalue weighted by molar-refractivity contribution is 7.99. The van der Waals surface area contributed by atoms with Gasteiger partial charge in [0.15, 0.2) is 5.16 Å². The van der Waals surface area contributed by atoms with Gasteiger partial charge in [0, 0.05) is 5.69 Å². The van der Waals surface area contributed by atoms with Crippen LogP contribution in [0.3, 0.4) is 0 Å². The second-order valence-corrected chi connectivity index (χ2v) is 5.38. The summed E-state index contributed by atoms with van der Waals surface area (Å²) in [6, 6.07) is 8.21. The summed E-state index contributed by atoms with van der Waals surface area (Å²) in [5.41, 5.74) is 2.26. The van der Waals surface area contributed by atoms with Gasteiger partial charge in [-0.3, -0.25) is 9.36 Å². The third-order valence-electron chi connectivity index (χ3n) is 2.87. The highest BCUT2D eigenvalue weighted by Gasteiger charge is 2.09. The standard InChI is InChI=1S/C14H17N3O2S/c1-2-3-4-11-5-7-12(8-6-11)17-10-15-16-14(17)20-9-13(18)19/h5-8,10H,2-4,9H2,1H3,(H,18,19). The van der Waals surface area contributed by atoms with Crippen LogP contribution >= 0.6 is 11.8 Å². The summed E-state index contributed by atoms with van der Waals surface area (Å²) in [6.45, 7) is 2.18. The van der Waals surface area contributed by atoms with Crippen LogP contribution in [0, 0.1) is 0 Å². The highest BCUT2D eigenvalue weighted by Crippen LogP contribution is 2.20. The zero-order valence-electron chi connectivity index (χ0n) is 11.3. The number of rotatable bonds is 7. The molecular weight excluding hydrogens is 274 g/mol. The molecule has 2 aromatic rings. The Bertz CT molecular complexity index is 566. The minimum absolute atomic E-state index is 0.0206. The molecular formula is C14H17N3O2S. The summed E-state index contributed by atoms with van der Waals surface area (Å²) in [6.07, 6.45) is 5.06. The predicted molar refractivity (Wildman–Crippen MR) is 78.3 cm³/mol. The summed E-state index contributed by atoms with van der Waals surface area (Å²) in [4.78, 5) is 10.6. The van der Waals surface area contributed by atoms with Crippen LogP contribution in [0.25, 0.3) is 5.69 Å². The molecule has 5 nitrogen and oxygen atoms in total. The second kappa shape index (κ2) is 7.09. The number of nitrogens with zero attached hydrogens (tertiary/aromatic N) is 3. The lowest BCUT2D eigenvalue weighted by Crippen LogP contribution is -2.01. The van der Waals surface area contributed by atoms with Gasteiger partial charge in [0.1, 0.15) is 6.33 Å². The topological polar surface area (TPSA) is 68.0 Å². The molecule has 0 unspecified atom stereocenters. The maximum atomic E-state index is 10.6. The minimum Gasteiger partial charge on any atom is -0.481 e. The summed E-state index contributed by atoms with van der Waals surface area (Å²) in [5.74, 6) is -0.882. The average molecular weight is 291 g/mol. The van der Waals surface area contributed by atoms with Crippen LogP contribution in [0.4, 0.5) is 0 Å².